The molecule has 20 heavy (non-hydrogen) atoms. The van der Waals surface area contributed by atoms with Crippen LogP contribution >= 0.6 is 0 Å². The van der Waals surface area contributed by atoms with Gasteiger partial charge in [0.05, 0.1) is 13.2 Å². The lowest BCUT2D eigenvalue weighted by molar-refractivity contribution is -0.130. The minimum Gasteiger partial charge on any atom is -0.497 e. The van der Waals surface area contributed by atoms with Gasteiger partial charge in [0.2, 0.25) is 5.91 Å². The Hall–Kier alpha value is -1.59. The van der Waals surface area contributed by atoms with Gasteiger partial charge in [-0.1, -0.05) is 12.1 Å². The average molecular weight is 275 g/mol. The molecular weight excluding hydrogens is 254 g/mol. The Bertz CT molecular complexity index is 488. The van der Waals surface area contributed by atoms with Gasteiger partial charge in [0.1, 0.15) is 5.75 Å². The molecule has 1 amide bonds. The third kappa shape index (κ3) is 2.39. The summed E-state index contributed by atoms with van der Waals surface area (Å²) in [5, 5.41) is 0. The van der Waals surface area contributed by atoms with E-state index in [0.29, 0.717) is 12.0 Å². The van der Waals surface area contributed by atoms with E-state index in [-0.39, 0.29) is 11.9 Å². The molecule has 0 radical (unpaired) electrons. The van der Waals surface area contributed by atoms with E-state index in [2.05, 4.69) is 23.0 Å². The number of carbonyl (C=O) groups excluding carboxylic acids is 1. The lowest BCUT2D eigenvalue weighted by atomic mass is 9.85. The van der Waals surface area contributed by atoms with Crippen molar-refractivity contribution in [3.05, 3.63) is 29.8 Å². The highest BCUT2D eigenvalue weighted by Crippen LogP contribution is 2.34. The second kappa shape index (κ2) is 5.42. The molecule has 0 aromatic heterocycles. The Labute approximate surface area is 119 Å². The standard InChI is InChI=1S/C15H21N3O2/c1-10(19)18-8-7-14-13(9-18)15(17-16-14)11-3-5-12(20-2)6-4-11/h3-6,13-17H,7-9H2,1-2H3. The van der Waals surface area contributed by atoms with Gasteiger partial charge in [0, 0.05) is 32.0 Å². The van der Waals surface area contributed by atoms with Crippen molar-refractivity contribution in [2.45, 2.75) is 25.4 Å². The van der Waals surface area contributed by atoms with Gasteiger partial charge in [-0.05, 0) is 24.1 Å². The minimum atomic E-state index is 0.170. The lowest BCUT2D eigenvalue weighted by Gasteiger charge is -2.35. The third-order valence-electron chi connectivity index (χ3n) is 4.43. The first-order chi connectivity index (χ1) is 9.69. The summed E-state index contributed by atoms with van der Waals surface area (Å²) in [7, 11) is 1.67. The van der Waals surface area contributed by atoms with Gasteiger partial charge in [-0.25, -0.2) is 5.43 Å². The van der Waals surface area contributed by atoms with Crippen molar-refractivity contribution >= 4 is 5.91 Å². The number of carbonyl (C=O) groups is 1. The number of benzene rings is 1. The van der Waals surface area contributed by atoms with Crippen LogP contribution in [0.4, 0.5) is 0 Å². The van der Waals surface area contributed by atoms with Crippen LogP contribution in [0.2, 0.25) is 0 Å². The maximum absolute atomic E-state index is 11.6. The first-order valence-corrected chi connectivity index (χ1v) is 7.09. The van der Waals surface area contributed by atoms with Gasteiger partial charge in [0.15, 0.2) is 0 Å². The fraction of sp³-hybridized carbons (Fsp3) is 0.533. The van der Waals surface area contributed by atoms with Crippen molar-refractivity contribution in [2.75, 3.05) is 20.2 Å². The largest absolute Gasteiger partial charge is 0.497 e. The number of piperidine rings is 1. The van der Waals surface area contributed by atoms with E-state index in [1.54, 1.807) is 14.0 Å². The van der Waals surface area contributed by atoms with E-state index in [1.165, 1.54) is 5.56 Å². The van der Waals surface area contributed by atoms with Crippen LogP contribution in [-0.4, -0.2) is 37.0 Å². The van der Waals surface area contributed by atoms with Gasteiger partial charge < -0.3 is 9.64 Å². The zero-order valence-corrected chi connectivity index (χ0v) is 11.9. The van der Waals surface area contributed by atoms with Gasteiger partial charge in [-0.15, -0.1) is 0 Å². The van der Waals surface area contributed by atoms with E-state index in [9.17, 15) is 4.79 Å². The fourth-order valence-electron chi connectivity index (χ4n) is 3.23. The molecule has 108 valence electrons. The number of hydrogen-bond acceptors (Lipinski definition) is 4. The van der Waals surface area contributed by atoms with Crippen LogP contribution in [0.3, 0.4) is 0 Å². The molecular formula is C15H21N3O2. The summed E-state index contributed by atoms with van der Waals surface area (Å²) in [6.07, 6.45) is 1.00. The Morgan fingerprint density at radius 3 is 2.70 bits per heavy atom. The van der Waals surface area contributed by atoms with Crippen LogP contribution < -0.4 is 15.6 Å². The molecule has 2 heterocycles. The predicted molar refractivity (Wildman–Crippen MR) is 76.2 cm³/mol. The number of ether oxygens (including phenoxy) is 1. The van der Waals surface area contributed by atoms with E-state index < -0.39 is 0 Å². The van der Waals surface area contributed by atoms with Crippen molar-refractivity contribution < 1.29 is 9.53 Å². The molecule has 2 saturated heterocycles. The Morgan fingerprint density at radius 2 is 2.05 bits per heavy atom. The molecule has 2 fully saturated rings. The molecule has 5 nitrogen and oxygen atoms in total. The van der Waals surface area contributed by atoms with Crippen LogP contribution in [0, 0.1) is 5.92 Å². The van der Waals surface area contributed by atoms with Gasteiger partial charge in [0.25, 0.3) is 0 Å². The summed E-state index contributed by atoms with van der Waals surface area (Å²) >= 11 is 0. The molecule has 1 aromatic rings. The highest BCUT2D eigenvalue weighted by atomic mass is 16.5. The van der Waals surface area contributed by atoms with E-state index >= 15 is 0 Å². The van der Waals surface area contributed by atoms with Gasteiger partial charge >= 0.3 is 0 Å². The zero-order chi connectivity index (χ0) is 14.1. The SMILES string of the molecule is COc1ccc(C2NNC3CCN(C(C)=O)CC32)cc1. The van der Waals surface area contributed by atoms with Crippen LogP contribution in [0.15, 0.2) is 24.3 Å². The predicted octanol–water partition coefficient (Wildman–Crippen LogP) is 1.08. The monoisotopic (exact) mass is 275 g/mol. The van der Waals surface area contributed by atoms with Gasteiger partial charge in [-0.3, -0.25) is 10.2 Å². The number of nitrogens with zero attached hydrogens (tertiary/aromatic N) is 1. The molecule has 0 aliphatic carbocycles. The van der Waals surface area contributed by atoms with Crippen molar-refractivity contribution in [2.24, 2.45) is 5.92 Å². The van der Waals surface area contributed by atoms with E-state index in [4.69, 9.17) is 4.74 Å². The number of likely N-dealkylation sites (tertiary alicyclic amines) is 1. The highest BCUT2D eigenvalue weighted by molar-refractivity contribution is 5.73. The third-order valence-corrected chi connectivity index (χ3v) is 4.43. The van der Waals surface area contributed by atoms with Crippen LogP contribution in [0.5, 0.6) is 5.75 Å². The molecule has 3 rings (SSSR count). The second-order valence-corrected chi connectivity index (χ2v) is 5.56. The quantitative estimate of drug-likeness (QED) is 0.848. The lowest BCUT2D eigenvalue weighted by Crippen LogP contribution is -2.47. The van der Waals surface area contributed by atoms with Crippen molar-refractivity contribution in [3.8, 4) is 5.75 Å². The number of methoxy groups -OCH3 is 1. The maximum Gasteiger partial charge on any atom is 0.219 e. The summed E-state index contributed by atoms with van der Waals surface area (Å²) in [6, 6.07) is 8.83. The first-order valence-electron chi connectivity index (χ1n) is 7.09. The summed E-state index contributed by atoms with van der Waals surface area (Å²) in [4.78, 5) is 13.5. The van der Waals surface area contributed by atoms with Crippen molar-refractivity contribution in [3.63, 3.8) is 0 Å². The number of rotatable bonds is 2. The molecule has 0 spiro atoms. The highest BCUT2D eigenvalue weighted by Gasteiger charge is 2.40. The van der Waals surface area contributed by atoms with E-state index in [1.807, 2.05) is 17.0 Å². The second-order valence-electron chi connectivity index (χ2n) is 5.56. The molecule has 2 aliphatic heterocycles. The van der Waals surface area contributed by atoms with Crippen molar-refractivity contribution in [1.82, 2.24) is 15.8 Å². The summed E-state index contributed by atoms with van der Waals surface area (Å²) in [6.45, 7) is 3.32. The van der Waals surface area contributed by atoms with E-state index in [0.717, 1.165) is 25.3 Å². The number of hydrazine groups is 1. The molecule has 3 unspecified atom stereocenters. The Balaban J connectivity index is 1.77. The zero-order valence-electron chi connectivity index (χ0n) is 11.9. The molecule has 2 aliphatic rings. The number of nitrogens with one attached hydrogen (secondary N) is 2. The molecule has 5 heteroatoms. The fourth-order valence-corrected chi connectivity index (χ4v) is 3.23. The van der Waals surface area contributed by atoms with Crippen molar-refractivity contribution in [1.29, 1.82) is 0 Å². The number of hydrogen-bond donors (Lipinski definition) is 2. The Morgan fingerprint density at radius 1 is 1.30 bits per heavy atom. The maximum atomic E-state index is 11.6. The number of amides is 1. The molecule has 2 N–H and O–H groups in total. The minimum absolute atomic E-state index is 0.170. The van der Waals surface area contributed by atoms with Gasteiger partial charge in [-0.2, -0.15) is 0 Å². The normalized spacial score (nSPS) is 29.1. The average Bonchev–Trinajstić information content (AvgIpc) is 2.90. The Kier molecular flexibility index (Phi) is 3.63. The molecule has 3 atom stereocenters. The molecule has 0 bridgehead atoms. The molecule has 1 aromatic carbocycles. The molecule has 0 saturated carbocycles. The first kappa shape index (κ1) is 13.4. The van der Waals surface area contributed by atoms with Crippen LogP contribution in [-0.2, 0) is 4.79 Å². The summed E-state index contributed by atoms with van der Waals surface area (Å²) in [5.41, 5.74) is 7.99. The van der Waals surface area contributed by atoms with Crippen LogP contribution in [0.1, 0.15) is 24.9 Å². The van der Waals surface area contributed by atoms with Crippen LogP contribution in [0.25, 0.3) is 0 Å². The topological polar surface area (TPSA) is 53.6 Å². The summed E-state index contributed by atoms with van der Waals surface area (Å²) < 4.78 is 5.20. The number of fused-ring (bicyclic) bond motifs is 1. The summed E-state index contributed by atoms with van der Waals surface area (Å²) in [5.74, 6) is 1.45. The smallest absolute Gasteiger partial charge is 0.219 e.